The summed E-state index contributed by atoms with van der Waals surface area (Å²) in [5.41, 5.74) is 0. The Bertz CT molecular complexity index is 606. The van der Waals surface area contributed by atoms with Gasteiger partial charge in [0.15, 0.2) is 0 Å². The van der Waals surface area contributed by atoms with Gasteiger partial charge in [-0.1, -0.05) is 5.92 Å². The second-order valence-electron chi connectivity index (χ2n) is 5.76. The van der Waals surface area contributed by atoms with E-state index < -0.39 is 0 Å². The van der Waals surface area contributed by atoms with Crippen molar-refractivity contribution in [1.82, 2.24) is 15.5 Å². The topological polar surface area (TPSA) is 61.4 Å². The van der Waals surface area contributed by atoms with Gasteiger partial charge in [0.05, 0.1) is 11.4 Å². The van der Waals surface area contributed by atoms with Crippen LogP contribution in [0.3, 0.4) is 0 Å². The van der Waals surface area contributed by atoms with Gasteiger partial charge in [-0.2, -0.15) is 0 Å². The molecule has 1 fully saturated rings. The molecule has 1 aliphatic rings. The van der Waals surface area contributed by atoms with E-state index in [1.165, 1.54) is 11.3 Å². The molecular weight excluding hydrogens is 298 g/mol. The molecule has 0 saturated heterocycles. The van der Waals surface area contributed by atoms with Crippen molar-refractivity contribution in [1.29, 1.82) is 0 Å². The third kappa shape index (κ3) is 4.86. The van der Waals surface area contributed by atoms with Gasteiger partial charge in [-0.05, 0) is 51.9 Å². The number of hydrogen-bond acceptors (Lipinski definition) is 4. The lowest BCUT2D eigenvalue weighted by molar-refractivity contribution is -0.116. The lowest BCUT2D eigenvalue weighted by atomic mass is 9.86. The SMILES string of the molecule is Cc1ccc(C(=O)NC2CC(NC(=O)C#CCN(C)C)C2)s1. The minimum Gasteiger partial charge on any atom is -0.348 e. The molecule has 1 aromatic heterocycles. The summed E-state index contributed by atoms with van der Waals surface area (Å²) in [5.74, 6) is 5.10. The number of amides is 2. The average Bonchev–Trinajstić information content (AvgIpc) is 2.82. The van der Waals surface area contributed by atoms with Gasteiger partial charge in [0.2, 0.25) is 0 Å². The molecule has 0 aromatic carbocycles. The van der Waals surface area contributed by atoms with E-state index in [4.69, 9.17) is 0 Å². The summed E-state index contributed by atoms with van der Waals surface area (Å²) < 4.78 is 0. The summed E-state index contributed by atoms with van der Waals surface area (Å²) in [5, 5.41) is 5.84. The highest BCUT2D eigenvalue weighted by molar-refractivity contribution is 7.13. The lowest BCUT2D eigenvalue weighted by Crippen LogP contribution is -2.53. The second kappa shape index (κ2) is 7.43. The first-order chi connectivity index (χ1) is 10.4. The first-order valence-corrected chi connectivity index (χ1v) is 8.07. The Balaban J connectivity index is 1.68. The van der Waals surface area contributed by atoms with Crippen molar-refractivity contribution in [2.75, 3.05) is 20.6 Å². The molecule has 5 nitrogen and oxygen atoms in total. The Kier molecular flexibility index (Phi) is 5.58. The molecule has 22 heavy (non-hydrogen) atoms. The molecule has 0 radical (unpaired) electrons. The summed E-state index contributed by atoms with van der Waals surface area (Å²) >= 11 is 1.49. The molecule has 0 spiro atoms. The molecule has 2 N–H and O–H groups in total. The van der Waals surface area contributed by atoms with Crippen molar-refractivity contribution in [2.45, 2.75) is 31.8 Å². The molecule has 2 rings (SSSR count). The van der Waals surface area contributed by atoms with Gasteiger partial charge in [-0.25, -0.2) is 0 Å². The van der Waals surface area contributed by atoms with Crippen LogP contribution in [0.2, 0.25) is 0 Å². The summed E-state index contributed by atoms with van der Waals surface area (Å²) in [7, 11) is 3.81. The number of aryl methyl sites for hydroxylation is 1. The fraction of sp³-hybridized carbons (Fsp3) is 0.500. The van der Waals surface area contributed by atoms with Crippen molar-refractivity contribution in [3.8, 4) is 11.8 Å². The van der Waals surface area contributed by atoms with Gasteiger partial charge in [-0.15, -0.1) is 11.3 Å². The van der Waals surface area contributed by atoms with Gasteiger partial charge in [0, 0.05) is 17.0 Å². The predicted molar refractivity (Wildman–Crippen MR) is 87.8 cm³/mol. The monoisotopic (exact) mass is 319 g/mol. The summed E-state index contributed by atoms with van der Waals surface area (Å²) in [6.45, 7) is 2.55. The largest absolute Gasteiger partial charge is 0.348 e. The zero-order chi connectivity index (χ0) is 16.1. The van der Waals surface area contributed by atoms with E-state index in [0.717, 1.165) is 22.6 Å². The van der Waals surface area contributed by atoms with E-state index in [-0.39, 0.29) is 23.9 Å². The molecule has 1 aromatic rings. The fourth-order valence-electron chi connectivity index (χ4n) is 2.17. The van der Waals surface area contributed by atoms with Gasteiger partial charge in [0.1, 0.15) is 0 Å². The second-order valence-corrected chi connectivity index (χ2v) is 7.05. The smallest absolute Gasteiger partial charge is 0.296 e. The number of nitrogens with one attached hydrogen (secondary N) is 2. The lowest BCUT2D eigenvalue weighted by Gasteiger charge is -2.35. The molecule has 0 aliphatic heterocycles. The van der Waals surface area contributed by atoms with Crippen molar-refractivity contribution in [3.63, 3.8) is 0 Å². The van der Waals surface area contributed by atoms with Gasteiger partial charge < -0.3 is 10.6 Å². The molecule has 0 bridgehead atoms. The van der Waals surface area contributed by atoms with Crippen molar-refractivity contribution in [2.24, 2.45) is 0 Å². The Labute approximate surface area is 135 Å². The molecule has 1 saturated carbocycles. The van der Waals surface area contributed by atoms with E-state index in [0.29, 0.717) is 6.54 Å². The average molecular weight is 319 g/mol. The predicted octanol–water partition coefficient (Wildman–Crippen LogP) is 0.999. The number of carbonyl (C=O) groups excluding carboxylic acids is 2. The van der Waals surface area contributed by atoms with Crippen LogP contribution in [-0.2, 0) is 4.79 Å². The Morgan fingerprint density at radius 3 is 2.55 bits per heavy atom. The molecular formula is C16H21N3O2S. The highest BCUT2D eigenvalue weighted by Crippen LogP contribution is 2.21. The van der Waals surface area contributed by atoms with Crippen LogP contribution in [0.4, 0.5) is 0 Å². The maximum absolute atomic E-state index is 12.0. The maximum atomic E-state index is 12.0. The third-order valence-electron chi connectivity index (χ3n) is 3.37. The van der Waals surface area contributed by atoms with Crippen LogP contribution in [0, 0.1) is 18.8 Å². The van der Waals surface area contributed by atoms with Gasteiger partial charge >= 0.3 is 0 Å². The fourth-order valence-corrected chi connectivity index (χ4v) is 2.94. The van der Waals surface area contributed by atoms with Crippen LogP contribution in [0.25, 0.3) is 0 Å². The Morgan fingerprint density at radius 2 is 1.95 bits per heavy atom. The van der Waals surface area contributed by atoms with Gasteiger partial charge in [-0.3, -0.25) is 14.5 Å². The van der Waals surface area contributed by atoms with Gasteiger partial charge in [0.25, 0.3) is 11.8 Å². The Hall–Kier alpha value is -1.84. The number of rotatable bonds is 4. The highest BCUT2D eigenvalue weighted by Gasteiger charge is 2.31. The van der Waals surface area contributed by atoms with Crippen molar-refractivity contribution < 1.29 is 9.59 Å². The zero-order valence-electron chi connectivity index (χ0n) is 13.1. The normalized spacial score (nSPS) is 19.8. The van der Waals surface area contributed by atoms with E-state index >= 15 is 0 Å². The van der Waals surface area contributed by atoms with E-state index in [1.807, 2.05) is 38.1 Å². The number of nitrogens with zero attached hydrogens (tertiary/aromatic N) is 1. The summed E-state index contributed by atoms with van der Waals surface area (Å²) in [6, 6.07) is 4.02. The number of hydrogen-bond donors (Lipinski definition) is 2. The van der Waals surface area contributed by atoms with Crippen LogP contribution in [-0.4, -0.2) is 49.4 Å². The van der Waals surface area contributed by atoms with E-state index in [2.05, 4.69) is 22.5 Å². The first kappa shape index (κ1) is 16.5. The molecule has 6 heteroatoms. The molecule has 0 atom stereocenters. The summed E-state index contributed by atoms with van der Waals surface area (Å²) in [4.78, 5) is 27.3. The van der Waals surface area contributed by atoms with Crippen LogP contribution in [0.15, 0.2) is 12.1 Å². The molecule has 1 aliphatic carbocycles. The van der Waals surface area contributed by atoms with Crippen LogP contribution >= 0.6 is 11.3 Å². The molecule has 118 valence electrons. The molecule has 2 amide bonds. The molecule has 1 heterocycles. The maximum Gasteiger partial charge on any atom is 0.296 e. The van der Waals surface area contributed by atoms with Crippen molar-refractivity contribution >= 4 is 23.2 Å². The number of carbonyl (C=O) groups is 2. The quantitative estimate of drug-likeness (QED) is 0.814. The Morgan fingerprint density at radius 1 is 1.27 bits per heavy atom. The zero-order valence-corrected chi connectivity index (χ0v) is 13.9. The van der Waals surface area contributed by atoms with Crippen LogP contribution < -0.4 is 10.6 Å². The third-order valence-corrected chi connectivity index (χ3v) is 4.37. The highest BCUT2D eigenvalue weighted by atomic mass is 32.1. The number of thiophene rings is 1. The first-order valence-electron chi connectivity index (χ1n) is 7.25. The van der Waals surface area contributed by atoms with E-state index in [1.54, 1.807) is 0 Å². The molecule has 0 unspecified atom stereocenters. The summed E-state index contributed by atoms with van der Waals surface area (Å²) in [6.07, 6.45) is 1.52. The van der Waals surface area contributed by atoms with Crippen LogP contribution in [0.1, 0.15) is 27.4 Å². The minimum absolute atomic E-state index is 0.0290. The van der Waals surface area contributed by atoms with E-state index in [9.17, 15) is 9.59 Å². The van der Waals surface area contributed by atoms with Crippen LogP contribution in [0.5, 0.6) is 0 Å². The van der Waals surface area contributed by atoms with Crippen molar-refractivity contribution in [3.05, 3.63) is 21.9 Å². The standard InChI is InChI=1S/C16H21N3O2S/c1-11-6-7-14(22-11)16(21)18-13-9-12(10-13)17-15(20)5-4-8-19(2)3/h6-7,12-13H,8-10H2,1-3H3,(H,17,20)(H,18,21). The minimum atomic E-state index is -0.245.